The van der Waals surface area contributed by atoms with Crippen molar-refractivity contribution in [1.82, 2.24) is 0 Å². The molecule has 2 rings (SSSR count). The molecular formula is C15H22N2O2. The van der Waals surface area contributed by atoms with Crippen LogP contribution in [0.15, 0.2) is 18.2 Å². The van der Waals surface area contributed by atoms with Gasteiger partial charge in [-0.2, -0.15) is 0 Å². The second-order valence-corrected chi connectivity index (χ2v) is 5.65. The van der Waals surface area contributed by atoms with Crippen LogP contribution in [0.2, 0.25) is 0 Å². The predicted octanol–water partition coefficient (Wildman–Crippen LogP) is 2.84. The van der Waals surface area contributed by atoms with E-state index in [1.807, 2.05) is 0 Å². The van der Waals surface area contributed by atoms with E-state index in [2.05, 4.69) is 18.7 Å². The number of aromatic carboxylic acids is 1. The van der Waals surface area contributed by atoms with Crippen molar-refractivity contribution in [3.8, 4) is 0 Å². The van der Waals surface area contributed by atoms with E-state index in [1.165, 1.54) is 0 Å². The van der Waals surface area contributed by atoms with Crippen LogP contribution in [-0.2, 0) is 0 Å². The van der Waals surface area contributed by atoms with Crippen LogP contribution in [0, 0.1) is 11.8 Å². The topological polar surface area (TPSA) is 66.6 Å². The zero-order valence-corrected chi connectivity index (χ0v) is 11.6. The first-order valence-corrected chi connectivity index (χ1v) is 6.87. The van der Waals surface area contributed by atoms with Crippen LogP contribution in [0.4, 0.5) is 11.4 Å². The van der Waals surface area contributed by atoms with Gasteiger partial charge in [0.15, 0.2) is 0 Å². The van der Waals surface area contributed by atoms with E-state index in [4.69, 9.17) is 5.73 Å². The quantitative estimate of drug-likeness (QED) is 0.822. The molecule has 0 bridgehead atoms. The SMILES string of the molecule is CC(C)C1CCN(c2cc(N)ccc2C(=O)O)CC1. The highest BCUT2D eigenvalue weighted by Gasteiger charge is 2.24. The van der Waals surface area contributed by atoms with Crippen molar-refractivity contribution >= 4 is 17.3 Å². The minimum absolute atomic E-state index is 0.345. The molecule has 1 heterocycles. The number of carboxylic acids is 1. The standard InChI is InChI=1S/C15H22N2O2/c1-10(2)11-5-7-17(8-6-11)14-9-12(16)3-4-13(14)15(18)19/h3-4,9-11H,5-8,16H2,1-2H3,(H,18,19). The average Bonchev–Trinajstić information content (AvgIpc) is 2.38. The maximum atomic E-state index is 11.3. The molecule has 1 aromatic rings. The second kappa shape index (κ2) is 5.51. The van der Waals surface area contributed by atoms with E-state index in [9.17, 15) is 9.90 Å². The Kier molecular flexibility index (Phi) is 3.98. The van der Waals surface area contributed by atoms with E-state index in [1.54, 1.807) is 18.2 Å². The van der Waals surface area contributed by atoms with Crippen molar-refractivity contribution in [2.75, 3.05) is 23.7 Å². The number of hydrogen-bond acceptors (Lipinski definition) is 3. The lowest BCUT2D eigenvalue weighted by Gasteiger charge is -2.36. The van der Waals surface area contributed by atoms with Crippen LogP contribution < -0.4 is 10.6 Å². The van der Waals surface area contributed by atoms with Crippen molar-refractivity contribution in [1.29, 1.82) is 0 Å². The molecular weight excluding hydrogens is 240 g/mol. The van der Waals surface area contributed by atoms with Gasteiger partial charge >= 0.3 is 5.97 Å². The Bertz CT molecular complexity index is 463. The van der Waals surface area contributed by atoms with E-state index < -0.39 is 5.97 Å². The Morgan fingerprint density at radius 1 is 1.37 bits per heavy atom. The van der Waals surface area contributed by atoms with Gasteiger partial charge < -0.3 is 15.7 Å². The monoisotopic (exact) mass is 262 g/mol. The van der Waals surface area contributed by atoms with Gasteiger partial charge in [-0.05, 0) is 42.9 Å². The smallest absolute Gasteiger partial charge is 0.337 e. The normalized spacial score (nSPS) is 16.9. The number of carbonyl (C=O) groups is 1. The molecule has 1 aromatic carbocycles. The Morgan fingerprint density at radius 2 is 2.00 bits per heavy atom. The van der Waals surface area contributed by atoms with E-state index >= 15 is 0 Å². The molecule has 0 atom stereocenters. The first-order valence-electron chi connectivity index (χ1n) is 6.87. The number of nitrogens with zero attached hydrogens (tertiary/aromatic N) is 1. The summed E-state index contributed by atoms with van der Waals surface area (Å²) in [6.45, 7) is 6.33. The first-order chi connectivity index (χ1) is 8.99. The van der Waals surface area contributed by atoms with Gasteiger partial charge in [-0.3, -0.25) is 0 Å². The molecule has 1 aliphatic heterocycles. The number of rotatable bonds is 3. The van der Waals surface area contributed by atoms with Gasteiger partial charge in [0.25, 0.3) is 0 Å². The van der Waals surface area contributed by atoms with Gasteiger partial charge in [0.2, 0.25) is 0 Å². The summed E-state index contributed by atoms with van der Waals surface area (Å²) in [6, 6.07) is 5.02. The van der Waals surface area contributed by atoms with Gasteiger partial charge in [-0.15, -0.1) is 0 Å². The molecule has 1 aliphatic rings. The van der Waals surface area contributed by atoms with Crippen molar-refractivity contribution < 1.29 is 9.90 Å². The summed E-state index contributed by atoms with van der Waals surface area (Å²) in [5.74, 6) is 0.550. The van der Waals surface area contributed by atoms with E-state index in [0.29, 0.717) is 17.2 Å². The summed E-state index contributed by atoms with van der Waals surface area (Å²) in [4.78, 5) is 13.4. The molecule has 0 radical (unpaired) electrons. The molecule has 4 heteroatoms. The number of nitrogen functional groups attached to an aromatic ring is 1. The number of piperidine rings is 1. The molecule has 104 valence electrons. The number of nitrogens with two attached hydrogens (primary N) is 1. The van der Waals surface area contributed by atoms with Crippen molar-refractivity contribution in [3.05, 3.63) is 23.8 Å². The van der Waals surface area contributed by atoms with Crippen LogP contribution in [0.1, 0.15) is 37.0 Å². The number of benzene rings is 1. The molecule has 19 heavy (non-hydrogen) atoms. The fourth-order valence-corrected chi connectivity index (χ4v) is 2.80. The Balaban J connectivity index is 2.19. The maximum Gasteiger partial charge on any atom is 0.337 e. The van der Waals surface area contributed by atoms with Crippen LogP contribution in [0.25, 0.3) is 0 Å². The lowest BCUT2D eigenvalue weighted by molar-refractivity contribution is 0.0697. The number of carboxylic acid groups (broad SMARTS) is 1. The summed E-state index contributed by atoms with van der Waals surface area (Å²) in [5.41, 5.74) is 7.51. The van der Waals surface area contributed by atoms with Gasteiger partial charge in [0.1, 0.15) is 0 Å². The average molecular weight is 262 g/mol. The highest BCUT2D eigenvalue weighted by Crippen LogP contribution is 2.30. The molecule has 4 nitrogen and oxygen atoms in total. The van der Waals surface area contributed by atoms with Crippen LogP contribution in [0.5, 0.6) is 0 Å². The summed E-state index contributed by atoms with van der Waals surface area (Å²) < 4.78 is 0. The van der Waals surface area contributed by atoms with Crippen LogP contribution in [0.3, 0.4) is 0 Å². The fraction of sp³-hybridized carbons (Fsp3) is 0.533. The minimum atomic E-state index is -0.888. The van der Waals surface area contributed by atoms with Gasteiger partial charge in [0.05, 0.1) is 11.3 Å². The molecule has 0 aliphatic carbocycles. The van der Waals surface area contributed by atoms with Crippen LogP contribution in [-0.4, -0.2) is 24.2 Å². The third kappa shape index (κ3) is 3.00. The molecule has 3 N–H and O–H groups in total. The summed E-state index contributed by atoms with van der Waals surface area (Å²) in [7, 11) is 0. The summed E-state index contributed by atoms with van der Waals surface area (Å²) in [6.07, 6.45) is 2.23. The molecule has 1 fully saturated rings. The Hall–Kier alpha value is -1.71. The van der Waals surface area contributed by atoms with E-state index in [0.717, 1.165) is 37.5 Å². The Labute approximate surface area is 114 Å². The summed E-state index contributed by atoms with van der Waals surface area (Å²) >= 11 is 0. The third-order valence-electron chi connectivity index (χ3n) is 4.08. The van der Waals surface area contributed by atoms with Crippen molar-refractivity contribution in [2.24, 2.45) is 11.8 Å². The highest BCUT2D eigenvalue weighted by molar-refractivity contribution is 5.95. The molecule has 0 aromatic heterocycles. The van der Waals surface area contributed by atoms with Crippen molar-refractivity contribution in [3.63, 3.8) is 0 Å². The molecule has 1 saturated heterocycles. The molecule has 0 spiro atoms. The van der Waals surface area contributed by atoms with Crippen molar-refractivity contribution in [2.45, 2.75) is 26.7 Å². The fourth-order valence-electron chi connectivity index (χ4n) is 2.80. The Morgan fingerprint density at radius 3 is 2.53 bits per heavy atom. The summed E-state index contributed by atoms with van der Waals surface area (Å²) in [5, 5.41) is 9.26. The minimum Gasteiger partial charge on any atom is -0.478 e. The lowest BCUT2D eigenvalue weighted by Crippen LogP contribution is -2.36. The van der Waals surface area contributed by atoms with Gasteiger partial charge in [-0.25, -0.2) is 4.79 Å². The number of hydrogen-bond donors (Lipinski definition) is 2. The van der Waals surface area contributed by atoms with E-state index in [-0.39, 0.29) is 0 Å². The molecule has 0 amide bonds. The second-order valence-electron chi connectivity index (χ2n) is 5.65. The third-order valence-corrected chi connectivity index (χ3v) is 4.08. The molecule has 0 saturated carbocycles. The zero-order valence-electron chi connectivity index (χ0n) is 11.6. The zero-order chi connectivity index (χ0) is 14.0. The maximum absolute atomic E-state index is 11.3. The number of anilines is 2. The van der Waals surface area contributed by atoms with Gasteiger partial charge in [0, 0.05) is 18.8 Å². The highest BCUT2D eigenvalue weighted by atomic mass is 16.4. The lowest BCUT2D eigenvalue weighted by atomic mass is 9.86. The van der Waals surface area contributed by atoms with Crippen LogP contribution >= 0.6 is 0 Å². The first kappa shape index (κ1) is 13.7. The predicted molar refractivity (Wildman–Crippen MR) is 77.6 cm³/mol. The molecule has 0 unspecified atom stereocenters. The van der Waals surface area contributed by atoms with Gasteiger partial charge in [-0.1, -0.05) is 13.8 Å². The largest absolute Gasteiger partial charge is 0.478 e.